The predicted octanol–water partition coefficient (Wildman–Crippen LogP) is 6.80. The van der Waals surface area contributed by atoms with Gasteiger partial charge in [0.2, 0.25) is 5.91 Å². The molecular weight excluding hydrogens is 480 g/mol. The Hall–Kier alpha value is -3.58. The van der Waals surface area contributed by atoms with E-state index in [2.05, 4.69) is 60.6 Å². The van der Waals surface area contributed by atoms with Gasteiger partial charge in [-0.3, -0.25) is 9.36 Å². The van der Waals surface area contributed by atoms with Crippen LogP contribution in [0, 0.1) is 20.8 Å². The first-order chi connectivity index (χ1) is 17.6. The Kier molecular flexibility index (Phi) is 8.03. The van der Waals surface area contributed by atoms with Gasteiger partial charge >= 0.3 is 0 Å². The lowest BCUT2D eigenvalue weighted by Crippen LogP contribution is -2.15. The number of nitrogens with zero attached hydrogens (tertiary/aromatic N) is 3. The third kappa shape index (κ3) is 6.80. The summed E-state index contributed by atoms with van der Waals surface area (Å²) in [6.07, 6.45) is 0. The largest absolute Gasteiger partial charge is 0.486 e. The molecule has 0 saturated carbocycles. The fourth-order valence-electron chi connectivity index (χ4n) is 3.98. The molecule has 6 nitrogen and oxygen atoms in total. The molecule has 192 valence electrons. The molecule has 0 aliphatic rings. The first-order valence-electron chi connectivity index (χ1n) is 12.3. The van der Waals surface area contributed by atoms with Gasteiger partial charge in [-0.25, -0.2) is 0 Å². The molecule has 37 heavy (non-hydrogen) atoms. The quantitative estimate of drug-likeness (QED) is 0.262. The number of benzene rings is 3. The summed E-state index contributed by atoms with van der Waals surface area (Å²) in [7, 11) is 0. The Balaban J connectivity index is 1.51. The standard InChI is InChI=1S/C30H34N4O2S/c1-20-8-7-9-24(17-20)34-27(18-36-25-13-11-23(12-14-25)30(4,5)6)32-33-29(34)37-19-28(35)31-26-15-10-21(2)16-22(26)3/h7-17H,18-19H2,1-6H3,(H,31,35). The van der Waals surface area contributed by atoms with E-state index in [4.69, 9.17) is 4.74 Å². The highest BCUT2D eigenvalue weighted by atomic mass is 32.2. The summed E-state index contributed by atoms with van der Waals surface area (Å²) in [4.78, 5) is 12.7. The molecular formula is C30H34N4O2S. The van der Waals surface area contributed by atoms with Crippen LogP contribution in [0.5, 0.6) is 5.75 Å². The minimum Gasteiger partial charge on any atom is -0.486 e. The van der Waals surface area contributed by atoms with Crippen molar-refractivity contribution < 1.29 is 9.53 Å². The van der Waals surface area contributed by atoms with Crippen LogP contribution in [0.25, 0.3) is 5.69 Å². The Bertz CT molecular complexity index is 1390. The van der Waals surface area contributed by atoms with Crippen molar-refractivity contribution >= 4 is 23.4 Å². The van der Waals surface area contributed by atoms with Crippen LogP contribution >= 0.6 is 11.8 Å². The van der Waals surface area contributed by atoms with E-state index in [0.717, 1.165) is 33.8 Å². The number of thioether (sulfide) groups is 1. The summed E-state index contributed by atoms with van der Waals surface area (Å²) >= 11 is 1.35. The topological polar surface area (TPSA) is 69.0 Å². The van der Waals surface area contributed by atoms with Crippen LogP contribution in [-0.4, -0.2) is 26.4 Å². The second kappa shape index (κ2) is 11.2. The van der Waals surface area contributed by atoms with E-state index in [9.17, 15) is 4.79 Å². The highest BCUT2D eigenvalue weighted by molar-refractivity contribution is 7.99. The zero-order valence-corrected chi connectivity index (χ0v) is 23.1. The van der Waals surface area contributed by atoms with Crippen LogP contribution < -0.4 is 10.1 Å². The molecule has 0 spiro atoms. The predicted molar refractivity (Wildman–Crippen MR) is 151 cm³/mol. The van der Waals surface area contributed by atoms with Crippen LogP contribution in [0.3, 0.4) is 0 Å². The molecule has 0 fully saturated rings. The van der Waals surface area contributed by atoms with Gasteiger partial charge < -0.3 is 10.1 Å². The summed E-state index contributed by atoms with van der Waals surface area (Å²) in [6, 6.07) is 22.3. The second-order valence-electron chi connectivity index (χ2n) is 10.3. The molecule has 1 N–H and O–H groups in total. The van der Waals surface area contributed by atoms with Gasteiger partial charge in [0.05, 0.1) is 5.75 Å². The zero-order valence-electron chi connectivity index (χ0n) is 22.3. The Morgan fingerprint density at radius 3 is 2.35 bits per heavy atom. The smallest absolute Gasteiger partial charge is 0.234 e. The number of hydrogen-bond donors (Lipinski definition) is 1. The molecule has 1 heterocycles. The van der Waals surface area contributed by atoms with E-state index in [1.165, 1.54) is 17.3 Å². The minimum atomic E-state index is -0.0903. The number of carbonyl (C=O) groups excluding carboxylic acids is 1. The van der Waals surface area contributed by atoms with Crippen molar-refractivity contribution in [2.24, 2.45) is 0 Å². The molecule has 0 radical (unpaired) electrons. The highest BCUT2D eigenvalue weighted by Crippen LogP contribution is 2.27. The maximum absolute atomic E-state index is 12.7. The second-order valence-corrected chi connectivity index (χ2v) is 11.2. The summed E-state index contributed by atoms with van der Waals surface area (Å²) in [5, 5.41) is 12.5. The van der Waals surface area contributed by atoms with Crippen molar-refractivity contribution in [1.82, 2.24) is 14.8 Å². The number of aromatic nitrogens is 3. The SMILES string of the molecule is Cc1cccc(-n2c(COc3ccc(C(C)(C)C)cc3)nnc2SCC(=O)Nc2ccc(C)cc2C)c1. The third-order valence-corrected chi connectivity index (χ3v) is 6.97. The lowest BCUT2D eigenvalue weighted by atomic mass is 9.87. The van der Waals surface area contributed by atoms with Gasteiger partial charge in [0.25, 0.3) is 0 Å². The highest BCUT2D eigenvalue weighted by Gasteiger charge is 2.18. The summed E-state index contributed by atoms with van der Waals surface area (Å²) in [6.45, 7) is 12.9. The molecule has 4 aromatic rings. The van der Waals surface area contributed by atoms with Gasteiger partial charge in [0.15, 0.2) is 11.0 Å². The van der Waals surface area contributed by atoms with Crippen LogP contribution in [0.1, 0.15) is 48.8 Å². The maximum Gasteiger partial charge on any atom is 0.234 e. The summed E-state index contributed by atoms with van der Waals surface area (Å²) in [5.74, 6) is 1.57. The fourth-order valence-corrected chi connectivity index (χ4v) is 4.75. The van der Waals surface area contributed by atoms with Crippen LogP contribution in [-0.2, 0) is 16.8 Å². The van der Waals surface area contributed by atoms with Gasteiger partial charge in [0, 0.05) is 11.4 Å². The zero-order chi connectivity index (χ0) is 26.6. The number of hydrogen-bond acceptors (Lipinski definition) is 5. The van der Waals surface area contributed by atoms with Crippen LogP contribution in [0.2, 0.25) is 0 Å². The Labute approximate surface area is 223 Å². The molecule has 0 aliphatic heterocycles. The third-order valence-electron chi connectivity index (χ3n) is 6.04. The van der Waals surface area contributed by atoms with E-state index in [-0.39, 0.29) is 23.7 Å². The van der Waals surface area contributed by atoms with Gasteiger partial charge in [-0.1, -0.05) is 74.5 Å². The lowest BCUT2D eigenvalue weighted by molar-refractivity contribution is -0.113. The Morgan fingerprint density at radius 1 is 0.946 bits per heavy atom. The van der Waals surface area contributed by atoms with Crippen molar-refractivity contribution in [2.45, 2.75) is 58.7 Å². The molecule has 4 rings (SSSR count). The van der Waals surface area contributed by atoms with Gasteiger partial charge in [-0.2, -0.15) is 0 Å². The first-order valence-corrected chi connectivity index (χ1v) is 13.3. The van der Waals surface area contributed by atoms with Crippen molar-refractivity contribution in [1.29, 1.82) is 0 Å². The number of ether oxygens (including phenoxy) is 1. The fraction of sp³-hybridized carbons (Fsp3) is 0.300. The van der Waals surface area contributed by atoms with E-state index in [1.54, 1.807) is 0 Å². The van der Waals surface area contributed by atoms with E-state index in [1.807, 2.05) is 67.8 Å². The Morgan fingerprint density at radius 2 is 1.68 bits per heavy atom. The number of carbonyl (C=O) groups is 1. The lowest BCUT2D eigenvalue weighted by Gasteiger charge is -2.19. The number of anilines is 1. The number of nitrogens with one attached hydrogen (secondary N) is 1. The van der Waals surface area contributed by atoms with Crippen molar-refractivity contribution in [3.63, 3.8) is 0 Å². The number of amides is 1. The van der Waals surface area contributed by atoms with Crippen LogP contribution in [0.4, 0.5) is 5.69 Å². The molecule has 0 unspecified atom stereocenters. The average molecular weight is 515 g/mol. The summed E-state index contributed by atoms with van der Waals surface area (Å²) in [5.41, 5.74) is 6.42. The monoisotopic (exact) mass is 514 g/mol. The van der Waals surface area contributed by atoms with Gasteiger partial charge in [0.1, 0.15) is 12.4 Å². The number of aryl methyl sites for hydroxylation is 3. The van der Waals surface area contributed by atoms with Crippen LogP contribution in [0.15, 0.2) is 71.9 Å². The molecule has 0 atom stereocenters. The van der Waals surface area contributed by atoms with E-state index < -0.39 is 0 Å². The van der Waals surface area contributed by atoms with Crippen molar-refractivity contribution in [2.75, 3.05) is 11.1 Å². The average Bonchev–Trinajstić information content (AvgIpc) is 3.26. The molecule has 0 saturated heterocycles. The van der Waals surface area contributed by atoms with Crippen molar-refractivity contribution in [3.05, 3.63) is 94.8 Å². The molecule has 7 heteroatoms. The van der Waals surface area contributed by atoms with Crippen molar-refractivity contribution in [3.8, 4) is 11.4 Å². The minimum absolute atomic E-state index is 0.0838. The molecule has 1 aromatic heterocycles. The molecule has 3 aromatic carbocycles. The van der Waals surface area contributed by atoms with Gasteiger partial charge in [-0.05, 0) is 73.2 Å². The summed E-state index contributed by atoms with van der Waals surface area (Å²) < 4.78 is 8.04. The van der Waals surface area contributed by atoms with E-state index in [0.29, 0.717) is 11.0 Å². The molecule has 1 amide bonds. The van der Waals surface area contributed by atoms with Gasteiger partial charge in [-0.15, -0.1) is 10.2 Å². The maximum atomic E-state index is 12.7. The molecule has 0 aliphatic carbocycles. The number of rotatable bonds is 8. The van der Waals surface area contributed by atoms with E-state index >= 15 is 0 Å². The molecule has 0 bridgehead atoms. The normalized spacial score (nSPS) is 11.4. The first kappa shape index (κ1) is 26.5.